The highest BCUT2D eigenvalue weighted by atomic mass is 35.5. The van der Waals surface area contributed by atoms with E-state index in [4.69, 9.17) is 46.4 Å². The van der Waals surface area contributed by atoms with Gasteiger partial charge in [-0.1, -0.05) is 70.7 Å². The summed E-state index contributed by atoms with van der Waals surface area (Å²) < 4.78 is 34.0. The molecule has 0 unspecified atom stereocenters. The van der Waals surface area contributed by atoms with E-state index in [1.807, 2.05) is 0 Å². The maximum absolute atomic E-state index is 13.0. The molecule has 10 heteroatoms. The van der Waals surface area contributed by atoms with Crippen molar-refractivity contribution in [2.24, 2.45) is 0 Å². The van der Waals surface area contributed by atoms with Gasteiger partial charge in [0.2, 0.25) is 0 Å². The van der Waals surface area contributed by atoms with Crippen molar-refractivity contribution in [3.63, 3.8) is 0 Å². The van der Waals surface area contributed by atoms with Gasteiger partial charge in [0.15, 0.2) is 4.75 Å². The van der Waals surface area contributed by atoms with Crippen molar-refractivity contribution in [1.82, 2.24) is 0 Å². The van der Waals surface area contributed by atoms with Gasteiger partial charge in [-0.05, 0) is 35.9 Å². The number of benzene rings is 3. The van der Waals surface area contributed by atoms with Crippen molar-refractivity contribution in [1.29, 1.82) is 0 Å². The van der Waals surface area contributed by atoms with Crippen molar-refractivity contribution in [3.05, 3.63) is 91.4 Å². The number of phenolic OH excluding ortho intramolecular Hbond substituents is 2. The third-order valence-corrected chi connectivity index (χ3v) is 7.05. The van der Waals surface area contributed by atoms with Gasteiger partial charge in [0, 0.05) is 21.2 Å². The molecule has 0 aliphatic rings. The zero-order chi connectivity index (χ0) is 21.6. The molecule has 3 N–H and O–H groups in total. The van der Waals surface area contributed by atoms with Crippen LogP contribution in [0.2, 0.25) is 20.1 Å². The highest BCUT2D eigenvalue weighted by Crippen LogP contribution is 2.51. The molecule has 5 nitrogen and oxygen atoms in total. The Labute approximate surface area is 186 Å². The molecule has 0 heterocycles. The molecule has 152 valence electrons. The average Bonchev–Trinajstić information content (AvgIpc) is 2.60. The van der Waals surface area contributed by atoms with Crippen LogP contribution in [-0.2, 0) is 14.9 Å². The molecule has 3 aromatic carbocycles. The quantitative estimate of drug-likeness (QED) is 0.311. The van der Waals surface area contributed by atoms with Crippen molar-refractivity contribution >= 4 is 56.5 Å². The molecule has 0 aromatic heterocycles. The highest BCUT2D eigenvalue weighted by Gasteiger charge is 2.51. The summed E-state index contributed by atoms with van der Waals surface area (Å²) in [6.45, 7) is 0. The summed E-state index contributed by atoms with van der Waals surface area (Å²) in [5.41, 5.74) is -0.530. The van der Waals surface area contributed by atoms with E-state index in [0.29, 0.717) is 0 Å². The molecule has 0 aliphatic heterocycles. The topological polar surface area (TPSA) is 94.8 Å². The summed E-state index contributed by atoms with van der Waals surface area (Å²) >= 11 is 24.7. The first-order valence-electron chi connectivity index (χ1n) is 7.89. The summed E-state index contributed by atoms with van der Waals surface area (Å²) in [5, 5.41) is 19.7. The SMILES string of the molecule is O=S(=O)(O)C(c1cc(Cl)cc(Cl)c1)(c1cccc(O)c1Cl)c1cccc(O)c1Cl. The standard InChI is InChI=1S/C19H12Cl4O5S/c20-11-7-10(8-12(21)9-11)19(29(26,27)28,13-3-1-5-15(24)17(13)22)14-4-2-6-16(25)18(14)23/h1-9,24-25H,(H,26,27,28). The number of hydrogen-bond donors (Lipinski definition) is 3. The van der Waals surface area contributed by atoms with E-state index in [9.17, 15) is 23.2 Å². The van der Waals surface area contributed by atoms with Crippen LogP contribution in [-0.4, -0.2) is 23.2 Å². The van der Waals surface area contributed by atoms with Gasteiger partial charge in [-0.25, -0.2) is 0 Å². The van der Waals surface area contributed by atoms with Gasteiger partial charge in [0.25, 0.3) is 10.1 Å². The first-order chi connectivity index (χ1) is 13.5. The van der Waals surface area contributed by atoms with Gasteiger partial charge in [0.1, 0.15) is 11.5 Å². The Morgan fingerprint density at radius 1 is 0.724 bits per heavy atom. The van der Waals surface area contributed by atoms with Crippen LogP contribution in [0.3, 0.4) is 0 Å². The zero-order valence-corrected chi connectivity index (χ0v) is 18.1. The molecule has 0 amide bonds. The molecule has 29 heavy (non-hydrogen) atoms. The van der Waals surface area contributed by atoms with Crippen LogP contribution < -0.4 is 0 Å². The molecule has 0 radical (unpaired) electrons. The fourth-order valence-electron chi connectivity index (χ4n) is 3.22. The lowest BCUT2D eigenvalue weighted by atomic mass is 9.83. The Bertz CT molecular complexity index is 1140. The Morgan fingerprint density at radius 2 is 1.14 bits per heavy atom. The van der Waals surface area contributed by atoms with Crippen LogP contribution in [0, 0.1) is 0 Å². The second-order valence-electron chi connectivity index (χ2n) is 6.09. The summed E-state index contributed by atoms with van der Waals surface area (Å²) in [6.07, 6.45) is 0. The average molecular weight is 494 g/mol. The van der Waals surface area contributed by atoms with E-state index >= 15 is 0 Å². The molecule has 0 bridgehead atoms. The van der Waals surface area contributed by atoms with Gasteiger partial charge in [-0.3, -0.25) is 4.55 Å². The molecule has 0 spiro atoms. The maximum atomic E-state index is 13.0. The largest absolute Gasteiger partial charge is 0.506 e. The minimum absolute atomic E-state index is 0.0769. The van der Waals surface area contributed by atoms with Crippen LogP contribution in [0.1, 0.15) is 16.7 Å². The molecule has 0 atom stereocenters. The minimum Gasteiger partial charge on any atom is -0.506 e. The molecule has 0 saturated heterocycles. The minimum atomic E-state index is -5.11. The summed E-state index contributed by atoms with van der Waals surface area (Å²) in [5.74, 6) is -0.858. The lowest BCUT2D eigenvalue weighted by molar-refractivity contribution is 0.455. The molecular weight excluding hydrogens is 482 g/mol. The van der Waals surface area contributed by atoms with Gasteiger partial charge >= 0.3 is 0 Å². The van der Waals surface area contributed by atoms with Crippen molar-refractivity contribution in [2.75, 3.05) is 0 Å². The van der Waals surface area contributed by atoms with Gasteiger partial charge in [0.05, 0.1) is 10.0 Å². The van der Waals surface area contributed by atoms with Crippen LogP contribution in [0.4, 0.5) is 0 Å². The van der Waals surface area contributed by atoms with Crippen molar-refractivity contribution < 1.29 is 23.2 Å². The number of halogens is 4. The summed E-state index contributed by atoms with van der Waals surface area (Å²) in [6, 6.07) is 11.7. The van der Waals surface area contributed by atoms with Crippen molar-refractivity contribution in [2.45, 2.75) is 4.75 Å². The van der Waals surface area contributed by atoms with Crippen LogP contribution in [0.15, 0.2) is 54.6 Å². The molecular formula is C19H12Cl4O5S. The second kappa shape index (κ2) is 7.87. The Morgan fingerprint density at radius 3 is 1.52 bits per heavy atom. The highest BCUT2D eigenvalue weighted by molar-refractivity contribution is 7.87. The molecule has 0 aliphatic carbocycles. The van der Waals surface area contributed by atoms with E-state index in [1.54, 1.807) is 0 Å². The number of hydrogen-bond acceptors (Lipinski definition) is 4. The number of phenols is 2. The second-order valence-corrected chi connectivity index (χ2v) is 9.28. The van der Waals surface area contributed by atoms with E-state index in [2.05, 4.69) is 0 Å². The smallest absolute Gasteiger partial charge is 0.283 e. The fourth-order valence-corrected chi connectivity index (χ4v) is 5.71. The lowest BCUT2D eigenvalue weighted by Gasteiger charge is -2.34. The Kier molecular flexibility index (Phi) is 5.98. The van der Waals surface area contributed by atoms with Gasteiger partial charge < -0.3 is 10.2 Å². The number of aromatic hydroxyl groups is 2. The monoisotopic (exact) mass is 492 g/mol. The number of rotatable bonds is 4. The predicted molar refractivity (Wildman–Crippen MR) is 114 cm³/mol. The van der Waals surface area contributed by atoms with Gasteiger partial charge in [-0.2, -0.15) is 8.42 Å². The van der Waals surface area contributed by atoms with E-state index in [0.717, 1.165) is 0 Å². The van der Waals surface area contributed by atoms with E-state index in [-0.39, 0.29) is 36.8 Å². The third-order valence-electron chi connectivity index (χ3n) is 4.37. The van der Waals surface area contributed by atoms with Gasteiger partial charge in [-0.15, -0.1) is 0 Å². The normalized spacial score (nSPS) is 12.2. The zero-order valence-electron chi connectivity index (χ0n) is 14.3. The first-order valence-corrected chi connectivity index (χ1v) is 10.8. The summed E-state index contributed by atoms with van der Waals surface area (Å²) in [7, 11) is -5.11. The Hall–Kier alpha value is -1.67. The molecule has 0 fully saturated rings. The van der Waals surface area contributed by atoms with Crippen molar-refractivity contribution in [3.8, 4) is 11.5 Å². The Balaban J connectivity index is 2.65. The van der Waals surface area contributed by atoms with Crippen LogP contribution in [0.25, 0.3) is 0 Å². The molecule has 0 saturated carbocycles. The van der Waals surface area contributed by atoms with Crippen LogP contribution >= 0.6 is 46.4 Å². The first kappa shape index (κ1) is 22.0. The lowest BCUT2D eigenvalue weighted by Crippen LogP contribution is -2.39. The molecule has 3 aromatic rings. The van der Waals surface area contributed by atoms with Crippen LogP contribution in [0.5, 0.6) is 11.5 Å². The maximum Gasteiger partial charge on any atom is 0.283 e. The fraction of sp³-hybridized carbons (Fsp3) is 0.0526. The third kappa shape index (κ3) is 3.65. The molecule has 3 rings (SSSR count). The van der Waals surface area contributed by atoms with E-state index < -0.39 is 26.4 Å². The van der Waals surface area contributed by atoms with E-state index in [1.165, 1.54) is 54.6 Å². The summed E-state index contributed by atoms with van der Waals surface area (Å²) in [4.78, 5) is 0. The predicted octanol–water partition coefficient (Wildman–Crippen LogP) is 5.89.